The van der Waals surface area contributed by atoms with Crippen LogP contribution in [0.3, 0.4) is 0 Å². The predicted molar refractivity (Wildman–Crippen MR) is 81.5 cm³/mol. The maximum absolute atomic E-state index is 11.9. The highest BCUT2D eigenvalue weighted by Gasteiger charge is 2.22. The van der Waals surface area contributed by atoms with Gasteiger partial charge in [0.1, 0.15) is 0 Å². The summed E-state index contributed by atoms with van der Waals surface area (Å²) in [5.74, 6) is -0.0952. The monoisotopic (exact) mass is 297 g/mol. The van der Waals surface area contributed by atoms with Gasteiger partial charge in [-0.3, -0.25) is 4.79 Å². The maximum Gasteiger partial charge on any atom is 0.238 e. The van der Waals surface area contributed by atoms with E-state index in [9.17, 15) is 4.79 Å². The van der Waals surface area contributed by atoms with E-state index in [1.807, 2.05) is 12.1 Å². The number of benzene rings is 1. The summed E-state index contributed by atoms with van der Waals surface area (Å²) < 4.78 is 4.91. The number of carbonyl (C=O) groups excluding carboxylic acids is 1. The summed E-state index contributed by atoms with van der Waals surface area (Å²) in [5.41, 5.74) is 1.64. The van der Waals surface area contributed by atoms with Gasteiger partial charge in [0.25, 0.3) is 0 Å². The molecule has 1 aliphatic rings. The van der Waals surface area contributed by atoms with E-state index in [4.69, 9.17) is 16.3 Å². The van der Waals surface area contributed by atoms with Gasteiger partial charge in [-0.1, -0.05) is 11.6 Å². The SMILES string of the molecule is COCCNCC(=O)Nc1cc(Cl)ccc1NC1CC1. The highest BCUT2D eigenvalue weighted by molar-refractivity contribution is 6.31. The molecule has 0 aliphatic heterocycles. The van der Waals surface area contributed by atoms with Crippen LogP contribution in [0.1, 0.15) is 12.8 Å². The quantitative estimate of drug-likeness (QED) is 0.643. The fraction of sp³-hybridized carbons (Fsp3) is 0.500. The minimum absolute atomic E-state index is 0.0952. The van der Waals surface area contributed by atoms with Crippen molar-refractivity contribution < 1.29 is 9.53 Å². The van der Waals surface area contributed by atoms with Crippen molar-refractivity contribution in [2.45, 2.75) is 18.9 Å². The van der Waals surface area contributed by atoms with E-state index >= 15 is 0 Å². The minimum Gasteiger partial charge on any atom is -0.383 e. The molecule has 1 fully saturated rings. The first-order valence-electron chi connectivity index (χ1n) is 6.74. The van der Waals surface area contributed by atoms with E-state index in [1.165, 1.54) is 12.8 Å². The number of amides is 1. The Labute approximate surface area is 124 Å². The van der Waals surface area contributed by atoms with Crippen LogP contribution >= 0.6 is 11.6 Å². The minimum atomic E-state index is -0.0952. The van der Waals surface area contributed by atoms with Gasteiger partial charge in [-0.2, -0.15) is 0 Å². The Morgan fingerprint density at radius 2 is 2.20 bits per heavy atom. The van der Waals surface area contributed by atoms with Gasteiger partial charge in [-0.15, -0.1) is 0 Å². The molecule has 0 aromatic heterocycles. The zero-order chi connectivity index (χ0) is 14.4. The first kappa shape index (κ1) is 15.1. The Bertz CT molecular complexity index is 464. The van der Waals surface area contributed by atoms with Crippen molar-refractivity contribution in [2.75, 3.05) is 37.4 Å². The summed E-state index contributed by atoms with van der Waals surface area (Å²) in [6.07, 6.45) is 2.35. The lowest BCUT2D eigenvalue weighted by Crippen LogP contribution is -2.30. The Kier molecular flexibility index (Phi) is 5.64. The molecule has 2 rings (SSSR count). The van der Waals surface area contributed by atoms with Crippen LogP contribution in [0.4, 0.5) is 11.4 Å². The Morgan fingerprint density at radius 3 is 2.90 bits per heavy atom. The zero-order valence-electron chi connectivity index (χ0n) is 11.5. The third kappa shape index (κ3) is 5.00. The van der Waals surface area contributed by atoms with Crippen LogP contribution < -0.4 is 16.0 Å². The van der Waals surface area contributed by atoms with Gasteiger partial charge in [0.15, 0.2) is 0 Å². The molecule has 0 bridgehead atoms. The summed E-state index contributed by atoms with van der Waals surface area (Å²) in [6.45, 7) is 1.48. The van der Waals surface area contributed by atoms with E-state index in [1.54, 1.807) is 13.2 Å². The fourth-order valence-electron chi connectivity index (χ4n) is 1.76. The lowest BCUT2D eigenvalue weighted by Gasteiger charge is -2.13. The summed E-state index contributed by atoms with van der Waals surface area (Å²) in [5, 5.41) is 9.86. The molecule has 0 saturated heterocycles. The summed E-state index contributed by atoms with van der Waals surface area (Å²) >= 11 is 5.99. The molecule has 0 heterocycles. The van der Waals surface area contributed by atoms with E-state index in [0.29, 0.717) is 24.2 Å². The fourth-order valence-corrected chi connectivity index (χ4v) is 1.94. The first-order valence-corrected chi connectivity index (χ1v) is 7.12. The van der Waals surface area contributed by atoms with Gasteiger partial charge >= 0.3 is 0 Å². The van der Waals surface area contributed by atoms with Crippen LogP contribution in [0.15, 0.2) is 18.2 Å². The van der Waals surface area contributed by atoms with Crippen molar-refractivity contribution in [3.63, 3.8) is 0 Å². The molecule has 6 heteroatoms. The molecule has 1 saturated carbocycles. The Balaban J connectivity index is 1.89. The molecule has 0 radical (unpaired) electrons. The first-order chi connectivity index (χ1) is 9.69. The van der Waals surface area contributed by atoms with Crippen LogP contribution in [-0.2, 0) is 9.53 Å². The standard InChI is InChI=1S/C14H20ClN3O2/c1-20-7-6-16-9-14(19)18-13-8-10(15)2-5-12(13)17-11-3-4-11/h2,5,8,11,16-17H,3-4,6-7,9H2,1H3,(H,18,19). The molecule has 0 spiro atoms. The van der Waals surface area contributed by atoms with Gasteiger partial charge in [0, 0.05) is 24.7 Å². The maximum atomic E-state index is 11.9. The van der Waals surface area contributed by atoms with Gasteiger partial charge < -0.3 is 20.7 Å². The number of hydrogen-bond acceptors (Lipinski definition) is 4. The van der Waals surface area contributed by atoms with Crippen LogP contribution in [0, 0.1) is 0 Å². The number of hydrogen-bond donors (Lipinski definition) is 3. The number of methoxy groups -OCH3 is 1. The van der Waals surface area contributed by atoms with E-state index in [0.717, 1.165) is 11.4 Å². The number of carbonyl (C=O) groups is 1. The molecule has 0 unspecified atom stereocenters. The molecule has 1 aliphatic carbocycles. The molecule has 5 nitrogen and oxygen atoms in total. The van der Waals surface area contributed by atoms with Gasteiger partial charge in [-0.25, -0.2) is 0 Å². The molecule has 110 valence electrons. The summed E-state index contributed by atoms with van der Waals surface area (Å²) in [7, 11) is 1.63. The molecule has 3 N–H and O–H groups in total. The van der Waals surface area contributed by atoms with Gasteiger partial charge in [0.2, 0.25) is 5.91 Å². The average Bonchev–Trinajstić information content (AvgIpc) is 3.22. The second-order valence-electron chi connectivity index (χ2n) is 4.83. The van der Waals surface area contributed by atoms with E-state index < -0.39 is 0 Å². The topological polar surface area (TPSA) is 62.4 Å². The van der Waals surface area contributed by atoms with E-state index in [-0.39, 0.29) is 12.5 Å². The second-order valence-corrected chi connectivity index (χ2v) is 5.26. The number of nitrogens with one attached hydrogen (secondary N) is 3. The zero-order valence-corrected chi connectivity index (χ0v) is 12.3. The predicted octanol–water partition coefficient (Wildman–Crippen LogP) is 2.09. The third-order valence-electron chi connectivity index (χ3n) is 2.96. The molecule has 1 aromatic rings. The van der Waals surface area contributed by atoms with Crippen LogP contribution in [0.2, 0.25) is 5.02 Å². The Hall–Kier alpha value is -1.30. The normalized spacial score (nSPS) is 14.1. The van der Waals surface area contributed by atoms with Crippen molar-refractivity contribution in [3.8, 4) is 0 Å². The van der Waals surface area contributed by atoms with Crippen molar-refractivity contribution in [1.82, 2.24) is 5.32 Å². The van der Waals surface area contributed by atoms with Crippen LogP contribution in [0.25, 0.3) is 0 Å². The third-order valence-corrected chi connectivity index (χ3v) is 3.20. The van der Waals surface area contributed by atoms with Gasteiger partial charge in [0.05, 0.1) is 24.5 Å². The lowest BCUT2D eigenvalue weighted by atomic mass is 10.2. The average molecular weight is 298 g/mol. The highest BCUT2D eigenvalue weighted by atomic mass is 35.5. The Morgan fingerprint density at radius 1 is 1.40 bits per heavy atom. The van der Waals surface area contributed by atoms with E-state index in [2.05, 4.69) is 16.0 Å². The summed E-state index contributed by atoms with van der Waals surface area (Å²) in [6, 6.07) is 6.00. The number of halogens is 1. The molecule has 1 amide bonds. The highest BCUT2D eigenvalue weighted by Crippen LogP contribution is 2.31. The molecule has 20 heavy (non-hydrogen) atoms. The van der Waals surface area contributed by atoms with Crippen molar-refractivity contribution in [2.24, 2.45) is 0 Å². The van der Waals surface area contributed by atoms with Crippen molar-refractivity contribution in [3.05, 3.63) is 23.2 Å². The second kappa shape index (κ2) is 7.47. The largest absolute Gasteiger partial charge is 0.383 e. The number of rotatable bonds is 8. The van der Waals surface area contributed by atoms with Crippen LogP contribution in [0.5, 0.6) is 0 Å². The number of ether oxygens (including phenoxy) is 1. The lowest BCUT2D eigenvalue weighted by molar-refractivity contribution is -0.115. The van der Waals surface area contributed by atoms with Crippen LogP contribution in [-0.4, -0.2) is 38.8 Å². The molecular formula is C14H20ClN3O2. The summed E-state index contributed by atoms with van der Waals surface area (Å²) in [4.78, 5) is 11.9. The smallest absolute Gasteiger partial charge is 0.238 e. The van der Waals surface area contributed by atoms with Gasteiger partial charge in [-0.05, 0) is 31.0 Å². The molecular weight excluding hydrogens is 278 g/mol. The molecule has 0 atom stereocenters. The van der Waals surface area contributed by atoms with Crippen molar-refractivity contribution >= 4 is 28.9 Å². The number of anilines is 2. The molecule has 1 aromatic carbocycles. The van der Waals surface area contributed by atoms with Crippen molar-refractivity contribution in [1.29, 1.82) is 0 Å².